The maximum absolute atomic E-state index is 4.68. The zero-order valence-electron chi connectivity index (χ0n) is 17.9. The minimum absolute atomic E-state index is 0. The summed E-state index contributed by atoms with van der Waals surface area (Å²) in [6.45, 7) is 12.6. The van der Waals surface area contributed by atoms with E-state index in [-0.39, 0.29) is 17.1 Å². The first kappa shape index (κ1) is 22.7. The average Bonchev–Trinajstić information content (AvgIpc) is 2.60. The van der Waals surface area contributed by atoms with Crippen LogP contribution in [-0.2, 0) is 17.1 Å². The number of aliphatic imine (C=N–C) groups is 2. The summed E-state index contributed by atoms with van der Waals surface area (Å²) in [5.41, 5.74) is 10.9. The van der Waals surface area contributed by atoms with Gasteiger partial charge in [-0.3, -0.25) is 9.98 Å². The third-order valence-corrected chi connectivity index (χ3v) is 4.71. The summed E-state index contributed by atoms with van der Waals surface area (Å²) < 4.78 is 0. The van der Waals surface area contributed by atoms with E-state index in [1.807, 2.05) is 30.6 Å². The molecule has 0 spiro atoms. The van der Waals surface area contributed by atoms with Crippen LogP contribution in [0.25, 0.3) is 0 Å². The number of pyridine rings is 1. The van der Waals surface area contributed by atoms with E-state index in [0.29, 0.717) is 0 Å². The number of hydrogen-bond acceptors (Lipinski definition) is 3. The van der Waals surface area contributed by atoms with Gasteiger partial charge in [-0.05, 0) is 75.9 Å². The van der Waals surface area contributed by atoms with Crippen molar-refractivity contribution in [2.24, 2.45) is 9.98 Å². The molecule has 0 aliphatic carbocycles. The Morgan fingerprint density at radius 3 is 1.31 bits per heavy atom. The quantitative estimate of drug-likeness (QED) is 0.351. The molecule has 0 N–H and O–H groups in total. The van der Waals surface area contributed by atoms with E-state index >= 15 is 0 Å². The van der Waals surface area contributed by atoms with Crippen molar-refractivity contribution in [3.05, 3.63) is 87.2 Å². The van der Waals surface area contributed by atoms with Crippen molar-refractivity contribution >= 4 is 23.8 Å². The Kier molecular flexibility index (Phi) is 7.66. The van der Waals surface area contributed by atoms with E-state index < -0.39 is 0 Å². The van der Waals surface area contributed by atoms with Crippen LogP contribution in [0.3, 0.4) is 0 Å². The fraction of sp³-hybridized carbons (Fsp3) is 0.240. The zero-order chi connectivity index (χ0) is 20.3. The smallest absolute Gasteiger partial charge is 0.0820 e. The van der Waals surface area contributed by atoms with Gasteiger partial charge in [-0.25, -0.2) is 4.98 Å². The number of aryl methyl sites for hydroxylation is 6. The van der Waals surface area contributed by atoms with Crippen LogP contribution in [0.2, 0.25) is 0 Å². The van der Waals surface area contributed by atoms with E-state index in [1.165, 1.54) is 33.4 Å². The molecule has 0 saturated carbocycles. The first-order valence-electron chi connectivity index (χ1n) is 9.54. The molecule has 4 heteroatoms. The van der Waals surface area contributed by atoms with E-state index in [4.69, 9.17) is 0 Å². The number of hydrogen-bond donors (Lipinski definition) is 0. The molecule has 0 amide bonds. The minimum Gasteiger partial charge on any atom is -0.254 e. The summed E-state index contributed by atoms with van der Waals surface area (Å²) in [5, 5.41) is 0. The van der Waals surface area contributed by atoms with Gasteiger partial charge in [-0.2, -0.15) is 0 Å². The second-order valence-corrected chi connectivity index (χ2v) is 7.50. The molecule has 1 heterocycles. The molecule has 3 nitrogen and oxygen atoms in total. The molecule has 0 unspecified atom stereocenters. The predicted octanol–water partition coefficient (Wildman–Crippen LogP) is 6.43. The maximum atomic E-state index is 4.68. The van der Waals surface area contributed by atoms with Crippen molar-refractivity contribution < 1.29 is 17.1 Å². The van der Waals surface area contributed by atoms with Gasteiger partial charge in [0.1, 0.15) is 0 Å². The molecule has 0 fully saturated rings. The van der Waals surface area contributed by atoms with Gasteiger partial charge in [0.15, 0.2) is 0 Å². The maximum Gasteiger partial charge on any atom is 0.0820 e. The molecule has 0 aliphatic rings. The summed E-state index contributed by atoms with van der Waals surface area (Å²) in [6.07, 6.45) is 3.65. The van der Waals surface area contributed by atoms with Gasteiger partial charge in [0, 0.05) is 17.1 Å². The largest absolute Gasteiger partial charge is 0.254 e. The molecule has 150 valence electrons. The third kappa shape index (κ3) is 5.72. The average molecular weight is 425 g/mol. The number of aromatic nitrogens is 1. The van der Waals surface area contributed by atoms with Crippen LogP contribution < -0.4 is 0 Å². The van der Waals surface area contributed by atoms with Crippen molar-refractivity contribution in [1.82, 2.24) is 4.98 Å². The van der Waals surface area contributed by atoms with E-state index in [1.54, 1.807) is 0 Å². The fourth-order valence-electron chi connectivity index (χ4n) is 3.63. The van der Waals surface area contributed by atoms with Crippen molar-refractivity contribution in [2.75, 3.05) is 0 Å². The Labute approximate surface area is 184 Å². The van der Waals surface area contributed by atoms with Crippen molar-refractivity contribution in [2.45, 2.75) is 41.5 Å². The minimum atomic E-state index is 0. The molecule has 0 atom stereocenters. The van der Waals surface area contributed by atoms with Gasteiger partial charge in [-0.15, -0.1) is 0 Å². The van der Waals surface area contributed by atoms with Gasteiger partial charge in [0.2, 0.25) is 0 Å². The van der Waals surface area contributed by atoms with Crippen LogP contribution in [0, 0.1) is 41.5 Å². The predicted molar refractivity (Wildman–Crippen MR) is 120 cm³/mol. The Balaban J connectivity index is 0.00000300. The normalized spacial score (nSPS) is 11.2. The summed E-state index contributed by atoms with van der Waals surface area (Å²) in [5.74, 6) is 0. The first-order valence-corrected chi connectivity index (χ1v) is 9.54. The molecule has 0 aliphatic heterocycles. The molecule has 1 aromatic heterocycles. The molecular formula is C25H27FeN3. The van der Waals surface area contributed by atoms with Crippen molar-refractivity contribution in [3.63, 3.8) is 0 Å². The van der Waals surface area contributed by atoms with Crippen LogP contribution in [0.5, 0.6) is 0 Å². The summed E-state index contributed by atoms with van der Waals surface area (Å²) in [6, 6.07) is 14.5. The van der Waals surface area contributed by atoms with Crippen molar-refractivity contribution in [3.8, 4) is 0 Å². The summed E-state index contributed by atoms with van der Waals surface area (Å²) in [4.78, 5) is 14.0. The molecule has 0 radical (unpaired) electrons. The number of benzene rings is 2. The number of nitrogens with zero attached hydrogens (tertiary/aromatic N) is 3. The van der Waals surface area contributed by atoms with Crippen molar-refractivity contribution in [1.29, 1.82) is 0 Å². The molecule has 0 saturated heterocycles. The second kappa shape index (κ2) is 9.78. The second-order valence-electron chi connectivity index (χ2n) is 7.50. The first-order chi connectivity index (χ1) is 13.3. The van der Waals surface area contributed by atoms with Gasteiger partial charge >= 0.3 is 0 Å². The van der Waals surface area contributed by atoms with E-state index in [2.05, 4.69) is 80.8 Å². The van der Waals surface area contributed by atoms with Gasteiger partial charge < -0.3 is 0 Å². The third-order valence-electron chi connectivity index (χ3n) is 4.71. The monoisotopic (exact) mass is 425 g/mol. The molecule has 2 aromatic carbocycles. The fourth-order valence-corrected chi connectivity index (χ4v) is 3.63. The van der Waals surface area contributed by atoms with Crippen LogP contribution >= 0.6 is 0 Å². The van der Waals surface area contributed by atoms with Crippen LogP contribution in [0.15, 0.2) is 52.4 Å². The Hall–Kier alpha value is -2.55. The molecule has 3 rings (SSSR count). The van der Waals surface area contributed by atoms with Gasteiger partial charge in [0.05, 0.1) is 35.2 Å². The SMILES string of the molecule is Cc1cc(C)c(N=Cc2cccc(C=Nc3c(C)cc(C)cc3C)n2)c(C)c1.[Fe]. The summed E-state index contributed by atoms with van der Waals surface area (Å²) >= 11 is 0. The Morgan fingerprint density at radius 1 is 0.621 bits per heavy atom. The Bertz CT molecular complexity index is 952. The van der Waals surface area contributed by atoms with E-state index in [0.717, 1.165) is 22.8 Å². The number of rotatable bonds is 4. The molecule has 0 bridgehead atoms. The van der Waals surface area contributed by atoms with E-state index in [9.17, 15) is 0 Å². The summed E-state index contributed by atoms with van der Waals surface area (Å²) in [7, 11) is 0. The zero-order valence-corrected chi connectivity index (χ0v) is 19.0. The molecule has 3 aromatic rings. The van der Waals surface area contributed by atoms with Crippen LogP contribution in [0.1, 0.15) is 44.8 Å². The van der Waals surface area contributed by atoms with Crippen LogP contribution in [0.4, 0.5) is 11.4 Å². The van der Waals surface area contributed by atoms with Gasteiger partial charge in [-0.1, -0.05) is 41.5 Å². The van der Waals surface area contributed by atoms with Crippen LogP contribution in [-0.4, -0.2) is 17.4 Å². The standard InChI is InChI=1S/C25H27N3.Fe/c1-16-10-18(3)24(19(4)11-16)26-14-22-8-7-9-23(28-22)15-27-25-20(5)12-17(2)13-21(25)6;/h7-15H,1-6H3;. The molecule has 29 heavy (non-hydrogen) atoms. The molecular weight excluding hydrogens is 398 g/mol. The topological polar surface area (TPSA) is 37.6 Å². The van der Waals surface area contributed by atoms with Gasteiger partial charge in [0.25, 0.3) is 0 Å². The Morgan fingerprint density at radius 2 is 0.966 bits per heavy atom.